The first kappa shape index (κ1) is 24.2. The molecule has 1 amide bonds. The zero-order chi connectivity index (χ0) is 24.8. The molecule has 0 N–H and O–H groups in total. The summed E-state index contributed by atoms with van der Waals surface area (Å²) in [5, 5.41) is 0. The molecular weight excluding hydrogens is 468 g/mol. The van der Waals surface area contributed by atoms with Crippen LogP contribution >= 0.6 is 0 Å². The van der Waals surface area contributed by atoms with E-state index >= 15 is 0 Å². The minimum absolute atomic E-state index is 0.122. The van der Waals surface area contributed by atoms with Crippen molar-refractivity contribution in [3.8, 4) is 0 Å². The summed E-state index contributed by atoms with van der Waals surface area (Å²) in [5.41, 5.74) is 0.332. The van der Waals surface area contributed by atoms with E-state index in [0.717, 1.165) is 10.1 Å². The monoisotopic (exact) mass is 494 g/mol. The Morgan fingerprint density at radius 2 is 1.57 bits per heavy atom. The second kappa shape index (κ2) is 10.6. The highest BCUT2D eigenvalue weighted by molar-refractivity contribution is 7.92. The molecule has 0 atom stereocenters. The highest BCUT2D eigenvalue weighted by Crippen LogP contribution is 2.25. The second-order valence-electron chi connectivity index (χ2n) is 7.94. The molecule has 0 saturated carbocycles. The van der Waals surface area contributed by atoms with Gasteiger partial charge in [0, 0.05) is 39.4 Å². The van der Waals surface area contributed by atoms with E-state index in [0.29, 0.717) is 31.9 Å². The minimum atomic E-state index is -4.03. The Hall–Kier alpha value is -3.92. The van der Waals surface area contributed by atoms with Gasteiger partial charge in [0.2, 0.25) is 0 Å². The normalized spacial score (nSPS) is 13.9. The lowest BCUT2D eigenvalue weighted by Gasteiger charge is -2.35. The number of rotatable bonds is 7. The molecule has 2 heterocycles. The fourth-order valence-corrected chi connectivity index (χ4v) is 5.18. The number of amides is 1. The Balaban J connectivity index is 1.39. The van der Waals surface area contributed by atoms with Crippen molar-refractivity contribution in [3.05, 3.63) is 84.6 Å². The highest BCUT2D eigenvalue weighted by Gasteiger charge is 2.28. The number of ether oxygens (including phenoxy) is 1. The summed E-state index contributed by atoms with van der Waals surface area (Å²) in [7, 11) is -2.62. The molecule has 35 heavy (non-hydrogen) atoms. The van der Waals surface area contributed by atoms with E-state index in [1.165, 1.54) is 25.2 Å². The summed E-state index contributed by atoms with van der Waals surface area (Å²) in [5.74, 6) is -0.351. The molecule has 0 aliphatic carbocycles. The van der Waals surface area contributed by atoms with Crippen LogP contribution in [0.3, 0.4) is 0 Å². The van der Waals surface area contributed by atoms with E-state index in [4.69, 9.17) is 4.74 Å². The Kier molecular flexibility index (Phi) is 7.31. The van der Waals surface area contributed by atoms with Crippen LogP contribution < -0.4 is 9.21 Å². The van der Waals surface area contributed by atoms with Crippen LogP contribution in [0.4, 0.5) is 11.5 Å². The Bertz CT molecular complexity index is 1280. The summed E-state index contributed by atoms with van der Waals surface area (Å²) in [6.07, 6.45) is 1.72. The van der Waals surface area contributed by atoms with Gasteiger partial charge in [-0.15, -0.1) is 0 Å². The third-order valence-corrected chi connectivity index (χ3v) is 7.64. The van der Waals surface area contributed by atoms with Crippen molar-refractivity contribution in [2.75, 3.05) is 49.0 Å². The van der Waals surface area contributed by atoms with Crippen molar-refractivity contribution in [1.82, 2.24) is 9.88 Å². The van der Waals surface area contributed by atoms with Gasteiger partial charge in [-0.2, -0.15) is 0 Å². The van der Waals surface area contributed by atoms with Crippen LogP contribution in [-0.2, 0) is 19.6 Å². The molecule has 0 spiro atoms. The molecule has 1 saturated heterocycles. The van der Waals surface area contributed by atoms with E-state index < -0.39 is 22.6 Å². The molecule has 0 bridgehead atoms. The zero-order valence-corrected chi connectivity index (χ0v) is 20.1. The van der Waals surface area contributed by atoms with Gasteiger partial charge in [0.25, 0.3) is 15.9 Å². The molecule has 1 fully saturated rings. The number of carbonyl (C=O) groups excluding carboxylic acids is 2. The van der Waals surface area contributed by atoms with Gasteiger partial charge in [0.05, 0.1) is 11.3 Å². The number of nitrogens with zero attached hydrogens (tertiary/aromatic N) is 4. The number of para-hydroxylation sites is 1. The van der Waals surface area contributed by atoms with Crippen LogP contribution in [0.5, 0.6) is 0 Å². The van der Waals surface area contributed by atoms with Gasteiger partial charge >= 0.3 is 5.97 Å². The van der Waals surface area contributed by atoms with Gasteiger partial charge < -0.3 is 14.5 Å². The number of piperazine rings is 1. The Morgan fingerprint density at radius 3 is 2.26 bits per heavy atom. The zero-order valence-electron chi connectivity index (χ0n) is 19.3. The average molecular weight is 495 g/mol. The fraction of sp³-hybridized carbons (Fsp3) is 0.240. The molecule has 2 aromatic carbocycles. The molecule has 0 radical (unpaired) electrons. The third-order valence-electron chi connectivity index (χ3n) is 5.80. The summed E-state index contributed by atoms with van der Waals surface area (Å²) in [6.45, 7) is 1.71. The molecule has 0 unspecified atom stereocenters. The largest absolute Gasteiger partial charge is 0.452 e. The first-order valence-corrected chi connectivity index (χ1v) is 12.6. The molecule has 9 nitrogen and oxygen atoms in total. The number of carbonyl (C=O) groups is 2. The fourth-order valence-electron chi connectivity index (χ4n) is 3.81. The van der Waals surface area contributed by atoms with E-state index in [9.17, 15) is 18.0 Å². The van der Waals surface area contributed by atoms with Crippen LogP contribution in [0, 0.1) is 0 Å². The van der Waals surface area contributed by atoms with E-state index in [2.05, 4.69) is 9.88 Å². The molecule has 1 aromatic heterocycles. The number of sulfonamides is 1. The molecule has 182 valence electrons. The van der Waals surface area contributed by atoms with Gasteiger partial charge in [0.15, 0.2) is 6.61 Å². The first-order valence-electron chi connectivity index (χ1n) is 11.1. The van der Waals surface area contributed by atoms with Crippen LogP contribution in [0.2, 0.25) is 0 Å². The third kappa shape index (κ3) is 5.43. The summed E-state index contributed by atoms with van der Waals surface area (Å²) >= 11 is 0. The SMILES string of the molecule is CN(c1ccccc1)S(=O)(=O)c1ccccc1C(=O)OCC(=O)N1CCN(c2ccccn2)CC1. The lowest BCUT2D eigenvalue weighted by molar-refractivity contribution is -0.134. The maximum absolute atomic E-state index is 13.2. The number of anilines is 2. The maximum atomic E-state index is 13.2. The molecule has 1 aliphatic rings. The molecular formula is C25H26N4O5S. The van der Waals surface area contributed by atoms with Crippen LogP contribution in [-0.4, -0.2) is 70.0 Å². The Morgan fingerprint density at radius 1 is 0.914 bits per heavy atom. The van der Waals surface area contributed by atoms with Gasteiger partial charge in [-0.05, 0) is 36.4 Å². The molecule has 1 aliphatic heterocycles. The lowest BCUT2D eigenvalue weighted by atomic mass is 10.2. The number of aromatic nitrogens is 1. The summed E-state index contributed by atoms with van der Waals surface area (Å²) in [4.78, 5) is 33.3. The maximum Gasteiger partial charge on any atom is 0.340 e. The van der Waals surface area contributed by atoms with Crippen molar-refractivity contribution in [2.45, 2.75) is 4.90 Å². The predicted octanol–water partition coefficient (Wildman–Crippen LogP) is 2.41. The highest BCUT2D eigenvalue weighted by atomic mass is 32.2. The van der Waals surface area contributed by atoms with Crippen LogP contribution in [0.15, 0.2) is 83.9 Å². The molecule has 3 aromatic rings. The van der Waals surface area contributed by atoms with Crippen molar-refractivity contribution >= 4 is 33.4 Å². The number of esters is 1. The van der Waals surface area contributed by atoms with E-state index in [1.807, 2.05) is 18.2 Å². The number of hydrogen-bond donors (Lipinski definition) is 0. The van der Waals surface area contributed by atoms with Crippen LogP contribution in [0.1, 0.15) is 10.4 Å². The number of hydrogen-bond acceptors (Lipinski definition) is 7. The number of pyridine rings is 1. The van der Waals surface area contributed by atoms with Gasteiger partial charge in [-0.1, -0.05) is 36.4 Å². The molecule has 10 heteroatoms. The quantitative estimate of drug-likeness (QED) is 0.465. The Labute approximate surface area is 204 Å². The standard InChI is InChI=1S/C25H26N4O5S/c1-27(20-9-3-2-4-10-20)35(32,33)22-12-6-5-11-21(22)25(31)34-19-24(30)29-17-15-28(16-18-29)23-13-7-8-14-26-23/h2-14H,15-19H2,1H3. The van der Waals surface area contributed by atoms with Gasteiger partial charge in [0.1, 0.15) is 10.7 Å². The van der Waals surface area contributed by atoms with E-state index in [1.54, 1.807) is 47.5 Å². The van der Waals surface area contributed by atoms with Crippen molar-refractivity contribution < 1.29 is 22.7 Å². The van der Waals surface area contributed by atoms with Crippen molar-refractivity contribution in [2.24, 2.45) is 0 Å². The van der Waals surface area contributed by atoms with Gasteiger partial charge in [-0.25, -0.2) is 18.2 Å². The minimum Gasteiger partial charge on any atom is -0.452 e. The topological polar surface area (TPSA) is 100 Å². The predicted molar refractivity (Wildman–Crippen MR) is 132 cm³/mol. The molecule has 4 rings (SSSR count). The van der Waals surface area contributed by atoms with Crippen molar-refractivity contribution in [3.63, 3.8) is 0 Å². The average Bonchev–Trinajstić information content (AvgIpc) is 2.92. The van der Waals surface area contributed by atoms with E-state index in [-0.39, 0.29) is 16.4 Å². The second-order valence-corrected chi connectivity index (χ2v) is 9.87. The smallest absolute Gasteiger partial charge is 0.340 e. The summed E-state index contributed by atoms with van der Waals surface area (Å²) in [6, 6.07) is 20.0. The van der Waals surface area contributed by atoms with Crippen molar-refractivity contribution in [1.29, 1.82) is 0 Å². The lowest BCUT2D eigenvalue weighted by Crippen LogP contribution is -2.50. The van der Waals surface area contributed by atoms with Gasteiger partial charge in [-0.3, -0.25) is 9.10 Å². The summed E-state index contributed by atoms with van der Waals surface area (Å²) < 4.78 is 32.8. The van der Waals surface area contributed by atoms with Crippen LogP contribution in [0.25, 0.3) is 0 Å². The first-order chi connectivity index (χ1) is 16.9. The number of benzene rings is 2.